The fourth-order valence-electron chi connectivity index (χ4n) is 2.96. The van der Waals surface area contributed by atoms with Crippen LogP contribution in [0.5, 0.6) is 5.75 Å². The summed E-state index contributed by atoms with van der Waals surface area (Å²) in [6, 6.07) is 10.7. The van der Waals surface area contributed by atoms with Gasteiger partial charge in [0.05, 0.1) is 5.69 Å². The molecule has 27 heavy (non-hydrogen) atoms. The van der Waals surface area contributed by atoms with Crippen LogP contribution in [0.2, 0.25) is 0 Å². The van der Waals surface area contributed by atoms with Gasteiger partial charge in [-0.3, -0.25) is 4.79 Å². The Morgan fingerprint density at radius 2 is 1.89 bits per heavy atom. The first-order valence-corrected chi connectivity index (χ1v) is 8.53. The molecule has 7 heteroatoms. The number of hydrogen-bond acceptors (Lipinski definition) is 5. The molecule has 1 aromatic heterocycles. The summed E-state index contributed by atoms with van der Waals surface area (Å²) >= 11 is 0. The quantitative estimate of drug-likeness (QED) is 0.662. The molecule has 1 heterocycles. The highest BCUT2D eigenvalue weighted by Gasteiger charge is 2.13. The largest absolute Gasteiger partial charge is 0.481 e. The number of amides is 1. The van der Waals surface area contributed by atoms with E-state index in [1.807, 2.05) is 38.1 Å². The maximum Gasteiger partial charge on any atom is 0.341 e. The molecule has 0 atom stereocenters. The van der Waals surface area contributed by atoms with Crippen LogP contribution in [-0.2, 0) is 16.0 Å². The lowest BCUT2D eigenvalue weighted by Crippen LogP contribution is -2.13. The van der Waals surface area contributed by atoms with E-state index in [0.717, 1.165) is 27.8 Å². The number of benzene rings is 2. The summed E-state index contributed by atoms with van der Waals surface area (Å²) in [4.78, 5) is 23.1. The minimum atomic E-state index is -1.05. The van der Waals surface area contributed by atoms with E-state index in [1.54, 1.807) is 12.1 Å². The number of hydrogen-bond donors (Lipinski definition) is 2. The van der Waals surface area contributed by atoms with Crippen molar-refractivity contribution in [1.82, 2.24) is 5.16 Å². The molecular formula is C20H20N2O5. The number of nitrogens with one attached hydrogen (secondary N) is 1. The molecule has 0 saturated heterocycles. The highest BCUT2D eigenvalue weighted by atomic mass is 16.5. The van der Waals surface area contributed by atoms with Gasteiger partial charge in [0.15, 0.2) is 6.61 Å². The standard InChI is InChI=1S/C20H20N2O5/c1-12-14(13(2)27-22-12)7-10-19(23)21-17-8-9-18(26-11-20(24)25)16-6-4-3-5-15(16)17/h3-6,8-9H,7,10-11H2,1-2H3,(H,21,23)(H,24,25). The van der Waals surface area contributed by atoms with Gasteiger partial charge in [0, 0.05) is 28.4 Å². The Morgan fingerprint density at radius 1 is 1.15 bits per heavy atom. The van der Waals surface area contributed by atoms with Crippen LogP contribution in [0.15, 0.2) is 40.9 Å². The zero-order valence-corrected chi connectivity index (χ0v) is 15.1. The number of aromatic nitrogens is 1. The lowest BCUT2D eigenvalue weighted by molar-refractivity contribution is -0.139. The average molecular weight is 368 g/mol. The third kappa shape index (κ3) is 4.25. The second-order valence-corrected chi connectivity index (χ2v) is 6.19. The Kier molecular flexibility index (Phi) is 5.40. The molecule has 0 radical (unpaired) electrons. The second-order valence-electron chi connectivity index (χ2n) is 6.19. The SMILES string of the molecule is Cc1noc(C)c1CCC(=O)Nc1ccc(OCC(=O)O)c2ccccc12. The van der Waals surface area contributed by atoms with Crippen LogP contribution in [-0.4, -0.2) is 28.7 Å². The summed E-state index contributed by atoms with van der Waals surface area (Å²) in [5, 5.41) is 17.1. The molecule has 7 nitrogen and oxygen atoms in total. The predicted octanol–water partition coefficient (Wildman–Crippen LogP) is 3.48. The molecule has 0 bridgehead atoms. The molecule has 2 N–H and O–H groups in total. The first-order valence-electron chi connectivity index (χ1n) is 8.53. The number of nitrogens with zero attached hydrogens (tertiary/aromatic N) is 1. The Balaban J connectivity index is 1.75. The van der Waals surface area contributed by atoms with Crippen LogP contribution in [0.1, 0.15) is 23.4 Å². The molecule has 0 saturated carbocycles. The van der Waals surface area contributed by atoms with Crippen molar-refractivity contribution in [2.24, 2.45) is 0 Å². The molecule has 0 unspecified atom stereocenters. The van der Waals surface area contributed by atoms with E-state index in [0.29, 0.717) is 24.3 Å². The number of fused-ring (bicyclic) bond motifs is 1. The van der Waals surface area contributed by atoms with Gasteiger partial charge in [-0.15, -0.1) is 0 Å². The lowest BCUT2D eigenvalue weighted by Gasteiger charge is -2.12. The summed E-state index contributed by atoms with van der Waals surface area (Å²) in [7, 11) is 0. The van der Waals surface area contributed by atoms with E-state index < -0.39 is 12.6 Å². The summed E-state index contributed by atoms with van der Waals surface area (Å²) < 4.78 is 10.5. The van der Waals surface area contributed by atoms with Crippen molar-refractivity contribution in [2.75, 3.05) is 11.9 Å². The molecule has 3 rings (SSSR count). The first kappa shape index (κ1) is 18.4. The highest BCUT2D eigenvalue weighted by Crippen LogP contribution is 2.31. The Bertz CT molecular complexity index is 974. The molecular weight excluding hydrogens is 348 g/mol. The number of rotatable bonds is 7. The van der Waals surface area contributed by atoms with Gasteiger partial charge in [0.25, 0.3) is 0 Å². The molecule has 0 spiro atoms. The van der Waals surface area contributed by atoms with Crippen LogP contribution in [0.4, 0.5) is 5.69 Å². The fraction of sp³-hybridized carbons (Fsp3) is 0.250. The number of carboxylic acid groups (broad SMARTS) is 1. The molecule has 3 aromatic rings. The molecule has 0 aliphatic rings. The fourth-order valence-corrected chi connectivity index (χ4v) is 2.96. The van der Waals surface area contributed by atoms with Crippen LogP contribution >= 0.6 is 0 Å². The van der Waals surface area contributed by atoms with Gasteiger partial charge in [0.1, 0.15) is 11.5 Å². The number of carbonyl (C=O) groups is 2. The molecule has 0 fully saturated rings. The zero-order valence-electron chi connectivity index (χ0n) is 15.1. The van der Waals surface area contributed by atoms with Gasteiger partial charge in [-0.1, -0.05) is 29.4 Å². The highest BCUT2D eigenvalue weighted by molar-refractivity contribution is 6.04. The number of aryl methyl sites for hydroxylation is 2. The van der Waals surface area contributed by atoms with E-state index in [9.17, 15) is 9.59 Å². The van der Waals surface area contributed by atoms with E-state index >= 15 is 0 Å². The third-order valence-electron chi connectivity index (χ3n) is 4.29. The van der Waals surface area contributed by atoms with Crippen LogP contribution < -0.4 is 10.1 Å². The van der Waals surface area contributed by atoms with Crippen molar-refractivity contribution in [3.63, 3.8) is 0 Å². The third-order valence-corrected chi connectivity index (χ3v) is 4.29. The zero-order chi connectivity index (χ0) is 19.4. The average Bonchev–Trinajstić information content (AvgIpc) is 2.97. The van der Waals surface area contributed by atoms with Gasteiger partial charge >= 0.3 is 5.97 Å². The number of carboxylic acids is 1. The molecule has 0 aliphatic carbocycles. The van der Waals surface area contributed by atoms with Gasteiger partial charge < -0.3 is 19.7 Å². The van der Waals surface area contributed by atoms with Gasteiger partial charge in [-0.2, -0.15) is 0 Å². The minimum absolute atomic E-state index is 0.126. The van der Waals surface area contributed by atoms with Gasteiger partial charge in [-0.05, 0) is 32.4 Å². The number of ether oxygens (including phenoxy) is 1. The van der Waals surface area contributed by atoms with E-state index in [4.69, 9.17) is 14.4 Å². The molecule has 140 valence electrons. The minimum Gasteiger partial charge on any atom is -0.481 e. The van der Waals surface area contributed by atoms with Crippen LogP contribution in [0.25, 0.3) is 10.8 Å². The lowest BCUT2D eigenvalue weighted by atomic mass is 10.1. The summed E-state index contributed by atoms with van der Waals surface area (Å²) in [5.74, 6) is 0.0162. The van der Waals surface area contributed by atoms with Crippen molar-refractivity contribution >= 4 is 28.3 Å². The van der Waals surface area contributed by atoms with E-state index in [1.165, 1.54) is 0 Å². The second kappa shape index (κ2) is 7.90. The summed E-state index contributed by atoms with van der Waals surface area (Å²) in [6.45, 7) is 3.26. The Morgan fingerprint density at radius 3 is 2.56 bits per heavy atom. The van der Waals surface area contributed by atoms with Gasteiger partial charge in [-0.25, -0.2) is 4.79 Å². The first-order chi connectivity index (χ1) is 13.0. The maximum atomic E-state index is 12.4. The monoisotopic (exact) mass is 368 g/mol. The van der Waals surface area contributed by atoms with Crippen LogP contribution in [0.3, 0.4) is 0 Å². The smallest absolute Gasteiger partial charge is 0.341 e. The molecule has 0 aliphatic heterocycles. The summed E-state index contributed by atoms with van der Waals surface area (Å²) in [5.41, 5.74) is 2.40. The van der Waals surface area contributed by atoms with Crippen molar-refractivity contribution < 1.29 is 24.0 Å². The van der Waals surface area contributed by atoms with Crippen molar-refractivity contribution in [1.29, 1.82) is 0 Å². The van der Waals surface area contributed by atoms with Crippen molar-refractivity contribution in [3.8, 4) is 5.75 Å². The van der Waals surface area contributed by atoms with E-state index in [2.05, 4.69) is 10.5 Å². The number of aliphatic carboxylic acids is 1. The van der Waals surface area contributed by atoms with Crippen LogP contribution in [0, 0.1) is 13.8 Å². The van der Waals surface area contributed by atoms with Crippen molar-refractivity contribution in [3.05, 3.63) is 53.4 Å². The number of anilines is 1. The van der Waals surface area contributed by atoms with Gasteiger partial charge in [0.2, 0.25) is 5.91 Å². The molecule has 2 aromatic carbocycles. The topological polar surface area (TPSA) is 102 Å². The summed E-state index contributed by atoms with van der Waals surface area (Å²) in [6.07, 6.45) is 0.846. The van der Waals surface area contributed by atoms with E-state index in [-0.39, 0.29) is 5.91 Å². The maximum absolute atomic E-state index is 12.4. The van der Waals surface area contributed by atoms with Crippen molar-refractivity contribution in [2.45, 2.75) is 26.7 Å². The predicted molar refractivity (Wildman–Crippen MR) is 100 cm³/mol. The number of carbonyl (C=O) groups excluding carboxylic acids is 1. The Labute approximate surface area is 155 Å². The normalized spacial score (nSPS) is 10.7. The Hall–Kier alpha value is -3.35. The molecule has 1 amide bonds.